The molecule has 0 bridgehead atoms. The molecule has 0 aromatic carbocycles. The molecule has 1 amide bonds. The van der Waals surface area contributed by atoms with E-state index in [4.69, 9.17) is 9.47 Å². The van der Waals surface area contributed by atoms with Gasteiger partial charge >= 0.3 is 11.9 Å². The molecule has 1 atom stereocenters. The van der Waals surface area contributed by atoms with Crippen LogP contribution in [0.1, 0.15) is 45.4 Å². The molecule has 0 aromatic heterocycles. The molecule has 2 aliphatic rings. The van der Waals surface area contributed by atoms with Crippen molar-refractivity contribution in [3.8, 4) is 0 Å². The average molecular weight is 297 g/mol. The van der Waals surface area contributed by atoms with E-state index in [9.17, 15) is 14.4 Å². The summed E-state index contributed by atoms with van der Waals surface area (Å²) >= 11 is 0. The van der Waals surface area contributed by atoms with Crippen molar-refractivity contribution < 1.29 is 23.9 Å². The van der Waals surface area contributed by atoms with Crippen LogP contribution in [0.5, 0.6) is 0 Å². The van der Waals surface area contributed by atoms with Crippen molar-refractivity contribution in [1.29, 1.82) is 0 Å². The van der Waals surface area contributed by atoms with Crippen molar-refractivity contribution in [2.24, 2.45) is 5.92 Å². The molecule has 6 nitrogen and oxygen atoms in total. The first kappa shape index (κ1) is 15.8. The predicted octanol–water partition coefficient (Wildman–Crippen LogP) is 1.27. The van der Waals surface area contributed by atoms with Gasteiger partial charge in [0.25, 0.3) is 0 Å². The van der Waals surface area contributed by atoms with E-state index >= 15 is 0 Å². The van der Waals surface area contributed by atoms with Crippen LogP contribution in [-0.2, 0) is 23.9 Å². The van der Waals surface area contributed by atoms with Crippen molar-refractivity contribution in [1.82, 2.24) is 4.90 Å². The first-order valence-corrected chi connectivity index (χ1v) is 7.73. The van der Waals surface area contributed by atoms with Crippen molar-refractivity contribution in [2.75, 3.05) is 19.7 Å². The summed E-state index contributed by atoms with van der Waals surface area (Å²) in [5, 5.41) is 0. The van der Waals surface area contributed by atoms with Gasteiger partial charge in [0.15, 0.2) is 0 Å². The molecule has 2 fully saturated rings. The van der Waals surface area contributed by atoms with E-state index in [1.165, 1.54) is 0 Å². The normalized spacial score (nSPS) is 19.5. The molecular formula is C15H23NO5. The number of ether oxygens (including phenoxy) is 2. The number of rotatable bonds is 8. The van der Waals surface area contributed by atoms with E-state index in [1.807, 2.05) is 0 Å². The molecule has 1 heterocycles. The highest BCUT2D eigenvalue weighted by Gasteiger charge is 2.36. The highest BCUT2D eigenvalue weighted by molar-refractivity contribution is 5.79. The zero-order valence-electron chi connectivity index (χ0n) is 12.5. The largest absolute Gasteiger partial charge is 0.466 e. The summed E-state index contributed by atoms with van der Waals surface area (Å²) < 4.78 is 10.3. The van der Waals surface area contributed by atoms with E-state index < -0.39 is 0 Å². The highest BCUT2D eigenvalue weighted by atomic mass is 16.6. The summed E-state index contributed by atoms with van der Waals surface area (Å²) in [5.41, 5.74) is 0. The van der Waals surface area contributed by atoms with Crippen LogP contribution in [-0.4, -0.2) is 48.5 Å². The van der Waals surface area contributed by atoms with Gasteiger partial charge < -0.3 is 14.4 Å². The molecule has 1 aliphatic carbocycles. The smallest absolute Gasteiger partial charge is 0.309 e. The van der Waals surface area contributed by atoms with Gasteiger partial charge in [-0.15, -0.1) is 0 Å². The molecule has 6 heteroatoms. The number of likely N-dealkylation sites (tertiary alicyclic amines) is 1. The third kappa shape index (κ3) is 5.02. The van der Waals surface area contributed by atoms with Crippen molar-refractivity contribution in [3.63, 3.8) is 0 Å². The molecule has 1 saturated carbocycles. The Morgan fingerprint density at radius 1 is 1.33 bits per heavy atom. The zero-order valence-corrected chi connectivity index (χ0v) is 12.5. The number of carbonyl (C=O) groups is 3. The Kier molecular flexibility index (Phi) is 5.59. The van der Waals surface area contributed by atoms with E-state index in [1.54, 1.807) is 11.8 Å². The molecule has 0 spiro atoms. The third-order valence-corrected chi connectivity index (χ3v) is 3.86. The maximum absolute atomic E-state index is 11.9. The molecule has 21 heavy (non-hydrogen) atoms. The van der Waals surface area contributed by atoms with E-state index in [0.29, 0.717) is 19.6 Å². The van der Waals surface area contributed by atoms with Gasteiger partial charge in [-0.3, -0.25) is 14.4 Å². The van der Waals surface area contributed by atoms with Gasteiger partial charge in [-0.05, 0) is 32.1 Å². The molecule has 2 rings (SSSR count). The first-order valence-electron chi connectivity index (χ1n) is 7.73. The summed E-state index contributed by atoms with van der Waals surface area (Å²) in [5.74, 6) is -0.271. The minimum Gasteiger partial charge on any atom is -0.466 e. The van der Waals surface area contributed by atoms with Crippen LogP contribution in [0.2, 0.25) is 0 Å². The van der Waals surface area contributed by atoms with Crippen LogP contribution in [0, 0.1) is 5.92 Å². The van der Waals surface area contributed by atoms with Crippen LogP contribution in [0.3, 0.4) is 0 Å². The van der Waals surface area contributed by atoms with Crippen LogP contribution in [0.15, 0.2) is 0 Å². The lowest BCUT2D eigenvalue weighted by Gasteiger charge is -2.18. The maximum atomic E-state index is 11.9. The molecule has 118 valence electrons. The summed E-state index contributed by atoms with van der Waals surface area (Å²) in [6.45, 7) is 3.22. The fourth-order valence-corrected chi connectivity index (χ4v) is 2.55. The number of nitrogens with zero attached hydrogens (tertiary/aromatic N) is 1. The lowest BCUT2D eigenvalue weighted by Crippen LogP contribution is -2.30. The fourth-order valence-electron chi connectivity index (χ4n) is 2.55. The molecule has 0 aromatic rings. The quantitative estimate of drug-likeness (QED) is 0.631. The van der Waals surface area contributed by atoms with Gasteiger partial charge in [0.1, 0.15) is 6.10 Å². The highest BCUT2D eigenvalue weighted by Crippen LogP contribution is 2.36. The number of esters is 2. The summed E-state index contributed by atoms with van der Waals surface area (Å²) in [6, 6.07) is 0. The fraction of sp³-hybridized carbons (Fsp3) is 0.800. The van der Waals surface area contributed by atoms with Crippen LogP contribution >= 0.6 is 0 Å². The Labute approximate surface area is 124 Å². The van der Waals surface area contributed by atoms with Gasteiger partial charge in [0.2, 0.25) is 5.91 Å². The topological polar surface area (TPSA) is 72.9 Å². The van der Waals surface area contributed by atoms with Crippen molar-refractivity contribution in [3.05, 3.63) is 0 Å². The summed E-state index contributed by atoms with van der Waals surface area (Å²) in [7, 11) is 0. The minimum absolute atomic E-state index is 0.105. The summed E-state index contributed by atoms with van der Waals surface area (Å²) in [4.78, 5) is 36.5. The Hall–Kier alpha value is -1.59. The number of hydrogen-bond donors (Lipinski definition) is 0. The average Bonchev–Trinajstić information content (AvgIpc) is 3.20. The lowest BCUT2D eigenvalue weighted by molar-refractivity contribution is -0.156. The van der Waals surface area contributed by atoms with Gasteiger partial charge in [0, 0.05) is 19.5 Å². The van der Waals surface area contributed by atoms with E-state index in [2.05, 4.69) is 0 Å². The van der Waals surface area contributed by atoms with E-state index in [-0.39, 0.29) is 42.7 Å². The molecule has 1 saturated heterocycles. The number of amides is 1. The molecular weight excluding hydrogens is 274 g/mol. The Balaban J connectivity index is 1.73. The molecule has 0 radical (unpaired) electrons. The van der Waals surface area contributed by atoms with E-state index in [0.717, 1.165) is 25.8 Å². The molecule has 0 unspecified atom stereocenters. The SMILES string of the molecule is CCOC(=O)C[C@@H](OC(=O)CCN1CCCC1=O)C1CC1. The van der Waals surface area contributed by atoms with Crippen LogP contribution < -0.4 is 0 Å². The van der Waals surface area contributed by atoms with Crippen molar-refractivity contribution in [2.45, 2.75) is 51.6 Å². The molecule has 0 N–H and O–H groups in total. The monoisotopic (exact) mass is 297 g/mol. The van der Waals surface area contributed by atoms with Gasteiger partial charge in [-0.1, -0.05) is 0 Å². The van der Waals surface area contributed by atoms with Crippen molar-refractivity contribution >= 4 is 17.8 Å². The summed E-state index contributed by atoms with van der Waals surface area (Å²) in [6.07, 6.45) is 3.37. The number of hydrogen-bond acceptors (Lipinski definition) is 5. The lowest BCUT2D eigenvalue weighted by atomic mass is 10.1. The van der Waals surface area contributed by atoms with Gasteiger partial charge in [0.05, 0.1) is 19.4 Å². The second-order valence-electron chi connectivity index (χ2n) is 5.61. The van der Waals surface area contributed by atoms with Gasteiger partial charge in [-0.25, -0.2) is 0 Å². The Bertz CT molecular complexity index is 405. The van der Waals surface area contributed by atoms with Gasteiger partial charge in [-0.2, -0.15) is 0 Å². The second kappa shape index (κ2) is 7.43. The van der Waals surface area contributed by atoms with Crippen LogP contribution in [0.4, 0.5) is 0 Å². The number of carbonyl (C=O) groups excluding carboxylic acids is 3. The first-order chi connectivity index (χ1) is 10.1. The Morgan fingerprint density at radius 2 is 2.10 bits per heavy atom. The minimum atomic E-state index is -0.370. The standard InChI is InChI=1S/C15H23NO5/c1-2-20-15(19)10-12(11-5-6-11)21-14(18)7-9-16-8-3-4-13(16)17/h11-12H,2-10H2,1H3/t12-/m1/s1. The molecule has 1 aliphatic heterocycles. The zero-order chi connectivity index (χ0) is 15.2. The Morgan fingerprint density at radius 3 is 2.67 bits per heavy atom. The third-order valence-electron chi connectivity index (χ3n) is 3.86. The second-order valence-corrected chi connectivity index (χ2v) is 5.61. The van der Waals surface area contributed by atoms with Crippen LogP contribution in [0.25, 0.3) is 0 Å². The predicted molar refractivity (Wildman–Crippen MR) is 74.3 cm³/mol. The maximum Gasteiger partial charge on any atom is 0.309 e.